The van der Waals surface area contributed by atoms with Gasteiger partial charge in [-0.2, -0.15) is 0 Å². The molecule has 0 amide bonds. The smallest absolute Gasteiger partial charge is 0.119 e. The topological polar surface area (TPSA) is 40.5 Å². The molecular formula is C14H18O2. The number of rotatable bonds is 4. The van der Waals surface area contributed by atoms with Crippen LogP contribution in [0.5, 0.6) is 11.5 Å². The summed E-state index contributed by atoms with van der Waals surface area (Å²) >= 11 is 0. The SMILES string of the molecule is C=C(C)Cc1c(O)ccc(O)c1CC(=C)C. The Morgan fingerprint density at radius 3 is 1.50 bits per heavy atom. The van der Waals surface area contributed by atoms with Crippen molar-refractivity contribution < 1.29 is 10.2 Å². The summed E-state index contributed by atoms with van der Waals surface area (Å²) in [5, 5.41) is 19.6. The molecule has 1 rings (SSSR count). The quantitative estimate of drug-likeness (QED) is 0.601. The van der Waals surface area contributed by atoms with E-state index in [2.05, 4.69) is 13.2 Å². The first-order valence-corrected chi connectivity index (χ1v) is 5.23. The highest BCUT2D eigenvalue weighted by atomic mass is 16.3. The molecule has 0 aliphatic heterocycles. The van der Waals surface area contributed by atoms with Crippen molar-refractivity contribution in [3.63, 3.8) is 0 Å². The number of aromatic hydroxyl groups is 2. The van der Waals surface area contributed by atoms with Crippen molar-refractivity contribution >= 4 is 0 Å². The maximum Gasteiger partial charge on any atom is 0.119 e. The molecule has 0 spiro atoms. The third kappa shape index (κ3) is 2.89. The van der Waals surface area contributed by atoms with Crippen molar-refractivity contribution in [1.82, 2.24) is 0 Å². The van der Waals surface area contributed by atoms with Crippen molar-refractivity contribution in [3.8, 4) is 11.5 Å². The molecule has 0 aromatic heterocycles. The van der Waals surface area contributed by atoms with Gasteiger partial charge in [0.05, 0.1) is 0 Å². The van der Waals surface area contributed by atoms with Gasteiger partial charge >= 0.3 is 0 Å². The molecule has 0 aliphatic rings. The second-order valence-corrected chi connectivity index (χ2v) is 4.33. The van der Waals surface area contributed by atoms with Gasteiger partial charge in [-0.3, -0.25) is 0 Å². The summed E-state index contributed by atoms with van der Waals surface area (Å²) in [6, 6.07) is 3.02. The first-order chi connectivity index (χ1) is 7.41. The lowest BCUT2D eigenvalue weighted by Gasteiger charge is -2.13. The minimum Gasteiger partial charge on any atom is -0.508 e. The summed E-state index contributed by atoms with van der Waals surface area (Å²) in [4.78, 5) is 0. The summed E-state index contributed by atoms with van der Waals surface area (Å²) < 4.78 is 0. The standard InChI is InChI=1S/C14H18O2/c1-9(2)7-11-12(8-10(3)4)14(16)6-5-13(11)15/h5-6,15-16H,1,3,7-8H2,2,4H3. The van der Waals surface area contributed by atoms with E-state index in [0.717, 1.165) is 22.3 Å². The van der Waals surface area contributed by atoms with E-state index in [0.29, 0.717) is 12.8 Å². The zero-order valence-electron chi connectivity index (χ0n) is 9.88. The minimum absolute atomic E-state index is 0.206. The zero-order valence-corrected chi connectivity index (χ0v) is 9.88. The molecule has 0 heterocycles. The Bertz CT molecular complexity index is 390. The van der Waals surface area contributed by atoms with Crippen molar-refractivity contribution in [2.75, 3.05) is 0 Å². The third-order valence-electron chi connectivity index (χ3n) is 2.34. The van der Waals surface area contributed by atoms with Crippen LogP contribution < -0.4 is 0 Å². The molecular weight excluding hydrogens is 200 g/mol. The number of allylic oxidation sites excluding steroid dienone is 2. The predicted octanol–water partition coefficient (Wildman–Crippen LogP) is 3.34. The van der Waals surface area contributed by atoms with Crippen LogP contribution in [0.15, 0.2) is 36.4 Å². The number of hydrogen-bond acceptors (Lipinski definition) is 2. The number of phenols is 2. The molecule has 2 N–H and O–H groups in total. The van der Waals surface area contributed by atoms with Crippen molar-refractivity contribution in [3.05, 3.63) is 47.6 Å². The van der Waals surface area contributed by atoms with Gasteiger partial charge < -0.3 is 10.2 Å². The fourth-order valence-corrected chi connectivity index (χ4v) is 1.67. The molecule has 0 saturated carbocycles. The maximum absolute atomic E-state index is 9.80. The lowest BCUT2D eigenvalue weighted by atomic mass is 9.95. The lowest BCUT2D eigenvalue weighted by molar-refractivity contribution is 0.450. The Kier molecular flexibility index (Phi) is 3.78. The molecule has 0 fully saturated rings. The van der Waals surface area contributed by atoms with Gasteiger partial charge in [0.1, 0.15) is 11.5 Å². The maximum atomic E-state index is 9.80. The van der Waals surface area contributed by atoms with Crippen LogP contribution in [0.3, 0.4) is 0 Å². The molecule has 1 aromatic rings. The van der Waals surface area contributed by atoms with Gasteiger partial charge in [0.25, 0.3) is 0 Å². The van der Waals surface area contributed by atoms with Gasteiger partial charge in [-0.15, -0.1) is 0 Å². The van der Waals surface area contributed by atoms with Crippen LogP contribution in [0.25, 0.3) is 0 Å². The van der Waals surface area contributed by atoms with Crippen molar-refractivity contribution in [2.45, 2.75) is 26.7 Å². The zero-order chi connectivity index (χ0) is 12.3. The van der Waals surface area contributed by atoms with Crippen LogP contribution in [0.2, 0.25) is 0 Å². The van der Waals surface area contributed by atoms with E-state index in [1.54, 1.807) is 0 Å². The minimum atomic E-state index is 0.206. The number of benzene rings is 1. The van der Waals surface area contributed by atoms with Crippen molar-refractivity contribution in [2.24, 2.45) is 0 Å². The summed E-state index contributed by atoms with van der Waals surface area (Å²) in [6.45, 7) is 11.4. The van der Waals surface area contributed by atoms with Gasteiger partial charge in [0, 0.05) is 11.1 Å². The van der Waals surface area contributed by atoms with E-state index >= 15 is 0 Å². The Morgan fingerprint density at radius 1 is 0.938 bits per heavy atom. The van der Waals surface area contributed by atoms with Gasteiger partial charge in [0.2, 0.25) is 0 Å². The molecule has 1 aromatic carbocycles. The molecule has 0 saturated heterocycles. The Balaban J connectivity index is 3.24. The highest BCUT2D eigenvalue weighted by Gasteiger charge is 2.12. The third-order valence-corrected chi connectivity index (χ3v) is 2.34. The molecule has 0 bridgehead atoms. The molecule has 86 valence electrons. The van der Waals surface area contributed by atoms with E-state index < -0.39 is 0 Å². The van der Waals surface area contributed by atoms with Gasteiger partial charge in [-0.1, -0.05) is 24.3 Å². The van der Waals surface area contributed by atoms with E-state index in [1.165, 1.54) is 12.1 Å². The number of hydrogen-bond donors (Lipinski definition) is 2. The molecule has 0 unspecified atom stereocenters. The van der Waals surface area contributed by atoms with E-state index in [9.17, 15) is 10.2 Å². The first-order valence-electron chi connectivity index (χ1n) is 5.23. The Labute approximate surface area is 96.6 Å². The van der Waals surface area contributed by atoms with Crippen LogP contribution in [-0.2, 0) is 12.8 Å². The first kappa shape index (κ1) is 12.4. The molecule has 2 heteroatoms. The Hall–Kier alpha value is -1.70. The Morgan fingerprint density at radius 2 is 1.25 bits per heavy atom. The fraction of sp³-hybridized carbons (Fsp3) is 0.286. The van der Waals surface area contributed by atoms with E-state index in [4.69, 9.17) is 0 Å². The van der Waals surface area contributed by atoms with Crippen LogP contribution in [0.1, 0.15) is 25.0 Å². The predicted molar refractivity (Wildman–Crippen MR) is 66.8 cm³/mol. The molecule has 0 radical (unpaired) electrons. The monoisotopic (exact) mass is 218 g/mol. The van der Waals surface area contributed by atoms with Crippen LogP contribution in [0, 0.1) is 0 Å². The van der Waals surface area contributed by atoms with Gasteiger partial charge in [-0.25, -0.2) is 0 Å². The highest BCUT2D eigenvalue weighted by molar-refractivity contribution is 5.50. The molecule has 0 aliphatic carbocycles. The van der Waals surface area contributed by atoms with E-state index in [-0.39, 0.29) is 11.5 Å². The van der Waals surface area contributed by atoms with Crippen LogP contribution in [-0.4, -0.2) is 10.2 Å². The summed E-state index contributed by atoms with van der Waals surface area (Å²) in [5.41, 5.74) is 3.39. The van der Waals surface area contributed by atoms with Crippen LogP contribution >= 0.6 is 0 Å². The fourth-order valence-electron chi connectivity index (χ4n) is 1.67. The summed E-state index contributed by atoms with van der Waals surface area (Å²) in [5.74, 6) is 0.411. The molecule has 16 heavy (non-hydrogen) atoms. The normalized spacial score (nSPS) is 10.1. The summed E-state index contributed by atoms with van der Waals surface area (Å²) in [6.07, 6.45) is 1.14. The van der Waals surface area contributed by atoms with Crippen molar-refractivity contribution in [1.29, 1.82) is 0 Å². The average Bonchev–Trinajstić information content (AvgIpc) is 2.16. The second-order valence-electron chi connectivity index (χ2n) is 4.33. The van der Waals surface area contributed by atoms with Crippen LogP contribution in [0.4, 0.5) is 0 Å². The second kappa shape index (κ2) is 4.88. The van der Waals surface area contributed by atoms with Gasteiger partial charge in [0.15, 0.2) is 0 Å². The largest absolute Gasteiger partial charge is 0.508 e. The van der Waals surface area contributed by atoms with E-state index in [1.807, 2.05) is 13.8 Å². The number of phenolic OH excluding ortho intramolecular Hbond substituents is 2. The highest BCUT2D eigenvalue weighted by Crippen LogP contribution is 2.32. The molecule has 0 atom stereocenters. The van der Waals surface area contributed by atoms with Gasteiger partial charge in [-0.05, 0) is 38.8 Å². The summed E-state index contributed by atoms with van der Waals surface area (Å²) in [7, 11) is 0. The molecule has 2 nitrogen and oxygen atoms in total. The lowest BCUT2D eigenvalue weighted by Crippen LogP contribution is -1.97. The average molecular weight is 218 g/mol.